The molecule has 4 atom stereocenters. The van der Waals surface area contributed by atoms with Gasteiger partial charge in [-0.15, -0.1) is 0 Å². The fourth-order valence-corrected chi connectivity index (χ4v) is 5.08. The fraction of sp³-hybridized carbons (Fsp3) is 0.609. The van der Waals surface area contributed by atoms with Crippen LogP contribution in [0, 0.1) is 5.41 Å². The smallest absolute Gasteiger partial charge is 0.229 e. The summed E-state index contributed by atoms with van der Waals surface area (Å²) in [6.07, 6.45) is 8.91. The predicted molar refractivity (Wildman–Crippen MR) is 110 cm³/mol. The van der Waals surface area contributed by atoms with Gasteiger partial charge in [0.1, 0.15) is 0 Å². The molecule has 1 aromatic carbocycles. The van der Waals surface area contributed by atoms with Gasteiger partial charge < -0.3 is 14.4 Å². The van der Waals surface area contributed by atoms with Crippen LogP contribution in [-0.2, 0) is 14.3 Å². The van der Waals surface area contributed by atoms with E-state index in [1.54, 1.807) is 0 Å². The molecular weight excluding hydrogens is 374 g/mol. The molecule has 2 fully saturated rings. The summed E-state index contributed by atoms with van der Waals surface area (Å²) in [6.45, 7) is 6.53. The number of carbonyl (C=O) groups is 1. The summed E-state index contributed by atoms with van der Waals surface area (Å²) in [7, 11) is 0. The Hall–Kier alpha value is -1.36. The summed E-state index contributed by atoms with van der Waals surface area (Å²) < 4.78 is 11.8. The molecule has 152 valence electrons. The van der Waals surface area contributed by atoms with E-state index in [2.05, 4.69) is 36.1 Å². The first-order valence-corrected chi connectivity index (χ1v) is 10.7. The van der Waals surface area contributed by atoms with Gasteiger partial charge in [-0.2, -0.15) is 0 Å². The van der Waals surface area contributed by atoms with Crippen molar-refractivity contribution in [2.45, 2.75) is 76.9 Å². The predicted octanol–water partition coefficient (Wildman–Crippen LogP) is 5.27. The lowest BCUT2D eigenvalue weighted by Crippen LogP contribution is -2.53. The van der Waals surface area contributed by atoms with E-state index < -0.39 is 11.2 Å². The number of ether oxygens (including phenoxy) is 2. The molecule has 4 nitrogen and oxygen atoms in total. The van der Waals surface area contributed by atoms with Crippen molar-refractivity contribution in [3.8, 4) is 0 Å². The van der Waals surface area contributed by atoms with Crippen molar-refractivity contribution in [3.63, 3.8) is 0 Å². The summed E-state index contributed by atoms with van der Waals surface area (Å²) in [5, 5.41) is 0.726. The number of allylic oxidation sites excluding steroid dienone is 1. The second-order valence-electron chi connectivity index (χ2n) is 9.11. The minimum Gasteiger partial charge on any atom is -0.348 e. The summed E-state index contributed by atoms with van der Waals surface area (Å²) in [6, 6.07) is 8.23. The molecule has 2 heterocycles. The number of amides is 1. The van der Waals surface area contributed by atoms with Crippen molar-refractivity contribution in [2.75, 3.05) is 6.61 Å². The van der Waals surface area contributed by atoms with Gasteiger partial charge in [0.2, 0.25) is 5.91 Å². The normalized spacial score (nSPS) is 34.9. The molecule has 0 radical (unpaired) electrons. The molecule has 0 saturated carbocycles. The molecule has 28 heavy (non-hydrogen) atoms. The molecule has 2 aliphatic heterocycles. The van der Waals surface area contributed by atoms with Crippen LogP contribution in [0.25, 0.3) is 0 Å². The molecule has 0 aromatic heterocycles. The van der Waals surface area contributed by atoms with Crippen LogP contribution >= 0.6 is 11.6 Å². The molecule has 2 saturated heterocycles. The van der Waals surface area contributed by atoms with E-state index in [0.717, 1.165) is 30.7 Å². The van der Waals surface area contributed by atoms with Crippen LogP contribution in [0.5, 0.6) is 0 Å². The lowest BCUT2D eigenvalue weighted by atomic mass is 9.73. The van der Waals surface area contributed by atoms with Gasteiger partial charge in [-0.05, 0) is 63.6 Å². The summed E-state index contributed by atoms with van der Waals surface area (Å²) in [5.41, 5.74) is 0.745. The third-order valence-corrected chi connectivity index (χ3v) is 6.65. The molecule has 1 aliphatic carbocycles. The average Bonchev–Trinajstić information content (AvgIpc) is 3.28. The van der Waals surface area contributed by atoms with Crippen molar-refractivity contribution in [1.82, 2.24) is 4.90 Å². The first-order valence-electron chi connectivity index (χ1n) is 10.3. The summed E-state index contributed by atoms with van der Waals surface area (Å²) >= 11 is 6.09. The average molecular weight is 404 g/mol. The molecule has 0 bridgehead atoms. The van der Waals surface area contributed by atoms with Gasteiger partial charge in [0.15, 0.2) is 5.79 Å². The Morgan fingerprint density at radius 1 is 1.18 bits per heavy atom. The summed E-state index contributed by atoms with van der Waals surface area (Å²) in [4.78, 5) is 15.9. The number of benzene rings is 1. The van der Waals surface area contributed by atoms with Crippen molar-refractivity contribution in [3.05, 3.63) is 47.0 Å². The highest BCUT2D eigenvalue weighted by Gasteiger charge is 2.49. The zero-order chi connectivity index (χ0) is 19.9. The third-order valence-electron chi connectivity index (χ3n) is 6.40. The highest BCUT2D eigenvalue weighted by atomic mass is 35.5. The molecular formula is C23H30ClNO3. The molecule has 5 heteroatoms. The maximum absolute atomic E-state index is 13.8. The highest BCUT2D eigenvalue weighted by molar-refractivity contribution is 6.30. The molecule has 0 spiro atoms. The molecule has 4 unspecified atom stereocenters. The third kappa shape index (κ3) is 3.87. The Balaban J connectivity index is 1.59. The van der Waals surface area contributed by atoms with E-state index in [1.807, 2.05) is 26.0 Å². The minimum absolute atomic E-state index is 0.0306. The summed E-state index contributed by atoms with van der Waals surface area (Å²) in [5.74, 6) is -0.318. The number of hydrogen-bond acceptors (Lipinski definition) is 3. The van der Waals surface area contributed by atoms with Crippen LogP contribution in [0.4, 0.5) is 0 Å². The van der Waals surface area contributed by atoms with Crippen molar-refractivity contribution in [2.24, 2.45) is 5.41 Å². The van der Waals surface area contributed by atoms with Crippen LogP contribution in [0.1, 0.15) is 64.5 Å². The number of nitrogens with zero attached hydrogens (tertiary/aromatic N) is 1. The molecule has 0 N–H and O–H groups in total. The van der Waals surface area contributed by atoms with Gasteiger partial charge >= 0.3 is 0 Å². The number of halogens is 1. The Morgan fingerprint density at radius 3 is 2.54 bits per heavy atom. The van der Waals surface area contributed by atoms with Gasteiger partial charge in [0.05, 0.1) is 24.8 Å². The Bertz CT molecular complexity index is 760. The van der Waals surface area contributed by atoms with Gasteiger partial charge in [-0.25, -0.2) is 0 Å². The largest absolute Gasteiger partial charge is 0.348 e. The maximum Gasteiger partial charge on any atom is 0.229 e. The monoisotopic (exact) mass is 403 g/mol. The van der Waals surface area contributed by atoms with Gasteiger partial charge in [0, 0.05) is 10.4 Å². The van der Waals surface area contributed by atoms with E-state index in [9.17, 15) is 4.79 Å². The first-order chi connectivity index (χ1) is 13.3. The topological polar surface area (TPSA) is 38.8 Å². The van der Waals surface area contributed by atoms with E-state index in [4.69, 9.17) is 21.1 Å². The quantitative estimate of drug-likeness (QED) is 0.643. The van der Waals surface area contributed by atoms with Crippen LogP contribution < -0.4 is 0 Å². The zero-order valence-electron chi connectivity index (χ0n) is 17.0. The van der Waals surface area contributed by atoms with E-state index in [-0.39, 0.29) is 24.1 Å². The zero-order valence-corrected chi connectivity index (χ0v) is 17.7. The van der Waals surface area contributed by atoms with E-state index in [0.29, 0.717) is 13.0 Å². The van der Waals surface area contributed by atoms with Crippen molar-refractivity contribution < 1.29 is 14.3 Å². The number of likely N-dealkylation sites (tertiary alicyclic amines) is 1. The van der Waals surface area contributed by atoms with Crippen molar-refractivity contribution >= 4 is 17.5 Å². The first kappa shape index (κ1) is 19.9. The number of carbonyl (C=O) groups excluding carboxylic acids is 1. The fourth-order valence-electron chi connectivity index (χ4n) is 4.95. The lowest BCUT2D eigenvalue weighted by molar-refractivity contribution is -0.160. The maximum atomic E-state index is 13.8. The second-order valence-corrected chi connectivity index (χ2v) is 9.54. The van der Waals surface area contributed by atoms with Gasteiger partial charge in [-0.3, -0.25) is 4.79 Å². The highest BCUT2D eigenvalue weighted by Crippen LogP contribution is 2.46. The molecule has 1 aromatic rings. The SMILES string of the molecule is CC1(C)OCC(CC2(C)CCC(c3ccc(Cl)cc3)N(C3C=CCC3)C2=O)O1. The standard InChI is InChI=1S/C23H30ClNO3/c1-22(2)27-15-19(28-22)14-23(3)13-12-20(16-8-10-17(24)11-9-16)25(21(23)26)18-6-4-5-7-18/h4,6,8-11,18-20H,5,7,12-15H2,1-3H3. The van der Waals surface area contributed by atoms with E-state index in [1.165, 1.54) is 5.56 Å². The van der Waals surface area contributed by atoms with Crippen LogP contribution in [-0.4, -0.2) is 35.3 Å². The van der Waals surface area contributed by atoms with Crippen LogP contribution in [0.15, 0.2) is 36.4 Å². The minimum atomic E-state index is -0.557. The van der Waals surface area contributed by atoms with Crippen molar-refractivity contribution in [1.29, 1.82) is 0 Å². The Morgan fingerprint density at radius 2 is 1.93 bits per heavy atom. The number of hydrogen-bond donors (Lipinski definition) is 0. The Kier molecular flexibility index (Phi) is 5.32. The number of rotatable bonds is 4. The second kappa shape index (κ2) is 7.47. The lowest BCUT2D eigenvalue weighted by Gasteiger charge is -2.47. The molecule has 3 aliphatic rings. The van der Waals surface area contributed by atoms with E-state index >= 15 is 0 Å². The van der Waals surface area contributed by atoms with Crippen LogP contribution in [0.3, 0.4) is 0 Å². The van der Waals surface area contributed by atoms with Gasteiger partial charge in [0.25, 0.3) is 0 Å². The number of piperidine rings is 1. The van der Waals surface area contributed by atoms with Gasteiger partial charge in [-0.1, -0.05) is 42.8 Å². The van der Waals surface area contributed by atoms with Crippen LogP contribution in [0.2, 0.25) is 5.02 Å². The Labute approximate surface area is 172 Å². The molecule has 4 rings (SSSR count). The molecule has 1 amide bonds.